The number of hydrogen-bond donors (Lipinski definition) is 3. The van der Waals surface area contributed by atoms with E-state index in [2.05, 4.69) is 33.2 Å². The Labute approximate surface area is 212 Å². The van der Waals surface area contributed by atoms with E-state index in [0.29, 0.717) is 23.4 Å². The second-order valence-electron chi connectivity index (χ2n) is 7.68. The van der Waals surface area contributed by atoms with E-state index >= 15 is 4.39 Å². The summed E-state index contributed by atoms with van der Waals surface area (Å²) >= 11 is 2.11. The topological polar surface area (TPSA) is 96.9 Å². The van der Waals surface area contributed by atoms with Gasteiger partial charge >= 0.3 is 5.97 Å². The van der Waals surface area contributed by atoms with Crippen LogP contribution >= 0.6 is 22.6 Å². The average molecular weight is 592 g/mol. The second-order valence-corrected chi connectivity index (χ2v) is 8.92. The maximum atomic E-state index is 15.0. The summed E-state index contributed by atoms with van der Waals surface area (Å²) in [6.45, 7) is 1.76. The minimum Gasteiger partial charge on any atom is -0.478 e. The zero-order valence-electron chi connectivity index (χ0n) is 18.3. The van der Waals surface area contributed by atoms with Crippen LogP contribution in [-0.2, 0) is 9.47 Å². The number of aryl methyl sites for hydroxylation is 1. The molecule has 0 saturated carbocycles. The molecule has 0 radical (unpaired) electrons. The van der Waals surface area contributed by atoms with Crippen LogP contribution in [0.15, 0.2) is 72.2 Å². The molecule has 2 aromatic rings. The van der Waals surface area contributed by atoms with Crippen LogP contribution in [0, 0.1) is 22.1 Å². The smallest absolute Gasteiger partial charge is 0.338 e. The first-order valence-electron chi connectivity index (χ1n) is 10.4. The highest BCUT2D eigenvalue weighted by Gasteiger charge is 2.27. The molecule has 1 amide bonds. The fraction of sp³-hybridized carbons (Fsp3) is 0.120. The Morgan fingerprint density at radius 3 is 2.60 bits per heavy atom. The van der Waals surface area contributed by atoms with Crippen LogP contribution in [-0.4, -0.2) is 17.0 Å². The van der Waals surface area contributed by atoms with E-state index in [4.69, 9.17) is 9.47 Å². The van der Waals surface area contributed by atoms with Crippen molar-refractivity contribution < 1.29 is 33.0 Å². The molecule has 0 fully saturated rings. The Balaban J connectivity index is 1.66. The highest BCUT2D eigenvalue weighted by Crippen LogP contribution is 2.31. The first-order chi connectivity index (χ1) is 16.7. The molecule has 4 rings (SSSR count). The predicted octanol–water partition coefficient (Wildman–Crippen LogP) is 6.01. The van der Waals surface area contributed by atoms with E-state index in [-0.39, 0.29) is 5.88 Å². The summed E-state index contributed by atoms with van der Waals surface area (Å²) in [6.07, 6.45) is 9.77. The van der Waals surface area contributed by atoms with Crippen molar-refractivity contribution in [2.75, 3.05) is 5.32 Å². The molecule has 2 aromatic carbocycles. The summed E-state index contributed by atoms with van der Waals surface area (Å²) in [5, 5.41) is 14.5. The monoisotopic (exact) mass is 592 g/mol. The van der Waals surface area contributed by atoms with E-state index in [1.165, 1.54) is 6.26 Å². The number of carboxylic acids is 1. The van der Waals surface area contributed by atoms with E-state index in [0.717, 1.165) is 27.9 Å². The molecule has 3 N–H and O–H groups in total. The van der Waals surface area contributed by atoms with Gasteiger partial charge in [0.15, 0.2) is 23.7 Å². The standard InChI is InChI=1S/C25H19F2IN2O5/c1-13-9-15(28)7-8-18(13)29-23-17(10-16(25(32)33)21(26)22(23)27)24(31)30-20-12-34-11-19(35-20)14-5-3-2-4-6-14/h2-3,5,7-12,29H,4,6H2,1H3,(H,30,31)(H,32,33). The molecular formula is C25H19F2IN2O5. The number of anilines is 2. The van der Waals surface area contributed by atoms with Gasteiger partial charge in [-0.25, -0.2) is 13.6 Å². The van der Waals surface area contributed by atoms with Gasteiger partial charge in [-0.15, -0.1) is 0 Å². The molecule has 0 unspecified atom stereocenters. The van der Waals surface area contributed by atoms with Crippen molar-refractivity contribution in [1.82, 2.24) is 5.32 Å². The Hall–Kier alpha value is -3.67. The molecule has 35 heavy (non-hydrogen) atoms. The first kappa shape index (κ1) is 24.5. The van der Waals surface area contributed by atoms with Crippen LogP contribution < -0.4 is 10.6 Å². The van der Waals surface area contributed by atoms with Gasteiger partial charge in [0.25, 0.3) is 5.91 Å². The number of nitrogens with one attached hydrogen (secondary N) is 2. The summed E-state index contributed by atoms with van der Waals surface area (Å²) in [5.41, 5.74) is 0.0561. The quantitative estimate of drug-likeness (QED) is 0.356. The molecule has 1 heterocycles. The molecule has 7 nitrogen and oxygen atoms in total. The van der Waals surface area contributed by atoms with Gasteiger partial charge in [-0.05, 0) is 77.8 Å². The van der Waals surface area contributed by atoms with Crippen molar-refractivity contribution in [3.63, 3.8) is 0 Å². The first-order valence-corrected chi connectivity index (χ1v) is 11.5. The van der Waals surface area contributed by atoms with Crippen molar-refractivity contribution in [3.05, 3.63) is 104 Å². The Bertz CT molecular complexity index is 1350. The Morgan fingerprint density at radius 1 is 1.11 bits per heavy atom. The highest BCUT2D eigenvalue weighted by molar-refractivity contribution is 14.1. The van der Waals surface area contributed by atoms with Crippen molar-refractivity contribution in [2.24, 2.45) is 0 Å². The fourth-order valence-electron chi connectivity index (χ4n) is 3.49. The molecule has 1 aliphatic heterocycles. The maximum Gasteiger partial charge on any atom is 0.338 e. The van der Waals surface area contributed by atoms with E-state index in [9.17, 15) is 19.1 Å². The van der Waals surface area contributed by atoms with Gasteiger partial charge in [-0.1, -0.05) is 18.2 Å². The number of benzene rings is 2. The third kappa shape index (κ3) is 5.37. The number of carbonyl (C=O) groups is 2. The SMILES string of the molecule is Cc1cc(I)ccc1Nc1c(C(=O)NC2=COC=C(C3=CC=CCC3)O2)cc(C(=O)O)c(F)c1F. The van der Waals surface area contributed by atoms with Gasteiger partial charge in [-0.2, -0.15) is 0 Å². The van der Waals surface area contributed by atoms with Gasteiger partial charge in [-0.3, -0.25) is 10.1 Å². The molecular weight excluding hydrogens is 573 g/mol. The van der Waals surface area contributed by atoms with E-state index in [1.807, 2.05) is 24.3 Å². The van der Waals surface area contributed by atoms with Crippen molar-refractivity contribution in [2.45, 2.75) is 19.8 Å². The largest absolute Gasteiger partial charge is 0.478 e. The molecule has 0 saturated heterocycles. The maximum absolute atomic E-state index is 15.0. The predicted molar refractivity (Wildman–Crippen MR) is 133 cm³/mol. The van der Waals surface area contributed by atoms with Crippen molar-refractivity contribution in [1.29, 1.82) is 0 Å². The van der Waals surface area contributed by atoms with E-state index < -0.39 is 40.3 Å². The molecule has 0 aromatic heterocycles. The molecule has 10 heteroatoms. The number of carboxylic acid groups (broad SMARTS) is 1. The molecule has 180 valence electrons. The number of carbonyl (C=O) groups excluding carboxylic acids is 1. The average Bonchev–Trinajstić information content (AvgIpc) is 2.84. The number of amides is 1. The van der Waals surface area contributed by atoms with Crippen LogP contribution in [0.4, 0.5) is 20.2 Å². The van der Waals surface area contributed by atoms with Crippen molar-refractivity contribution >= 4 is 45.8 Å². The second kappa shape index (κ2) is 10.3. The van der Waals surface area contributed by atoms with Crippen LogP contribution in [0.1, 0.15) is 39.1 Å². The summed E-state index contributed by atoms with van der Waals surface area (Å²) in [5.74, 6) is -5.43. The minimum atomic E-state index is -1.72. The number of aromatic carboxylic acids is 1. The summed E-state index contributed by atoms with van der Waals surface area (Å²) < 4.78 is 41.5. The number of rotatable bonds is 6. The van der Waals surface area contributed by atoms with Crippen LogP contribution in [0.2, 0.25) is 0 Å². The summed E-state index contributed by atoms with van der Waals surface area (Å²) in [4.78, 5) is 24.6. The lowest BCUT2D eigenvalue weighted by atomic mass is 10.0. The van der Waals surface area contributed by atoms with Gasteiger partial charge in [0.1, 0.15) is 6.26 Å². The zero-order valence-corrected chi connectivity index (χ0v) is 20.5. The third-order valence-electron chi connectivity index (χ3n) is 5.27. The van der Waals surface area contributed by atoms with Gasteiger partial charge in [0.2, 0.25) is 5.88 Å². The number of halogens is 3. The zero-order chi connectivity index (χ0) is 25.1. The van der Waals surface area contributed by atoms with Crippen LogP contribution in [0.5, 0.6) is 0 Å². The summed E-state index contributed by atoms with van der Waals surface area (Å²) in [7, 11) is 0. The highest BCUT2D eigenvalue weighted by atomic mass is 127. The third-order valence-corrected chi connectivity index (χ3v) is 5.94. The molecule has 0 bridgehead atoms. The number of hydrogen-bond acceptors (Lipinski definition) is 5. The van der Waals surface area contributed by atoms with Gasteiger partial charge in [0.05, 0.1) is 16.8 Å². The molecule has 2 aliphatic rings. The van der Waals surface area contributed by atoms with Crippen LogP contribution in [0.3, 0.4) is 0 Å². The minimum absolute atomic E-state index is 0.0963. The molecule has 0 atom stereocenters. The van der Waals surface area contributed by atoms with E-state index in [1.54, 1.807) is 19.1 Å². The normalized spacial score (nSPS) is 14.7. The van der Waals surface area contributed by atoms with Gasteiger partial charge in [0, 0.05) is 9.26 Å². The summed E-state index contributed by atoms with van der Waals surface area (Å²) in [6, 6.07) is 5.97. The molecule has 1 aliphatic carbocycles. The van der Waals surface area contributed by atoms with Gasteiger partial charge < -0.3 is 19.9 Å². The Kier molecular flexibility index (Phi) is 7.20. The molecule has 0 spiro atoms. The lowest BCUT2D eigenvalue weighted by Gasteiger charge is -2.21. The fourth-order valence-corrected chi connectivity index (χ4v) is 4.14. The van der Waals surface area contributed by atoms with Crippen LogP contribution in [0.25, 0.3) is 0 Å². The van der Waals surface area contributed by atoms with Crippen molar-refractivity contribution in [3.8, 4) is 0 Å². The number of allylic oxidation sites excluding steroid dienone is 4. The lowest BCUT2D eigenvalue weighted by Crippen LogP contribution is -2.27. The number of ether oxygens (including phenoxy) is 2. The lowest BCUT2D eigenvalue weighted by molar-refractivity contribution is 0.0690. The Morgan fingerprint density at radius 2 is 1.91 bits per heavy atom.